The van der Waals surface area contributed by atoms with E-state index in [9.17, 15) is 4.79 Å². The van der Waals surface area contributed by atoms with E-state index in [1.54, 1.807) is 0 Å². The van der Waals surface area contributed by atoms with Crippen LogP contribution in [0.3, 0.4) is 0 Å². The summed E-state index contributed by atoms with van der Waals surface area (Å²) in [5.74, 6) is 0.644. The number of aromatic nitrogens is 1. The number of carbonyl (C=O) groups excluding carboxylic acids is 1. The van der Waals surface area contributed by atoms with E-state index in [0.717, 1.165) is 23.8 Å². The quantitative estimate of drug-likeness (QED) is 0.746. The lowest BCUT2D eigenvalue weighted by molar-refractivity contribution is -0.115. The Morgan fingerprint density at radius 2 is 2.44 bits per heavy atom. The van der Waals surface area contributed by atoms with Gasteiger partial charge in [-0.05, 0) is 25.8 Å². The van der Waals surface area contributed by atoms with E-state index in [4.69, 9.17) is 0 Å². The summed E-state index contributed by atoms with van der Waals surface area (Å²) < 4.78 is 0. The topological polar surface area (TPSA) is 54.0 Å². The first-order valence-electron chi connectivity index (χ1n) is 5.75. The van der Waals surface area contributed by atoms with Gasteiger partial charge >= 0.3 is 0 Å². The smallest absolute Gasteiger partial charge is 0.240 e. The Balaban J connectivity index is 1.76. The summed E-state index contributed by atoms with van der Waals surface area (Å²) in [7, 11) is 0. The number of hydrogen-bond donors (Lipinski definition) is 2. The maximum atomic E-state index is 11.5. The van der Waals surface area contributed by atoms with Gasteiger partial charge in [0.2, 0.25) is 5.91 Å². The first-order chi connectivity index (χ1) is 7.79. The van der Waals surface area contributed by atoms with E-state index in [1.807, 2.05) is 5.38 Å². The van der Waals surface area contributed by atoms with Gasteiger partial charge in [0.1, 0.15) is 0 Å². The van der Waals surface area contributed by atoms with Crippen molar-refractivity contribution in [1.82, 2.24) is 10.3 Å². The predicted octanol–water partition coefficient (Wildman–Crippen LogP) is 1.96. The molecule has 1 saturated carbocycles. The number of carbonyl (C=O) groups is 1. The molecule has 1 aromatic heterocycles. The number of hydrogen-bond acceptors (Lipinski definition) is 4. The molecule has 0 spiro atoms. The number of rotatable bonds is 6. The van der Waals surface area contributed by atoms with Gasteiger partial charge in [0, 0.05) is 11.3 Å². The standard InChI is InChI=1S/C11H17N3OS/c1-2-5-12-6-10(15)14-11-13-9(7-16-11)8-3-4-8/h7-8,12H,2-6H2,1H3,(H,13,14,15). The molecule has 4 nitrogen and oxygen atoms in total. The molecule has 0 saturated heterocycles. The second-order valence-electron chi connectivity index (χ2n) is 4.08. The lowest BCUT2D eigenvalue weighted by atomic mass is 10.3. The Morgan fingerprint density at radius 1 is 1.62 bits per heavy atom. The summed E-state index contributed by atoms with van der Waals surface area (Å²) in [5.41, 5.74) is 1.14. The first-order valence-corrected chi connectivity index (χ1v) is 6.63. The Labute approximate surface area is 99.5 Å². The van der Waals surface area contributed by atoms with E-state index >= 15 is 0 Å². The molecule has 0 atom stereocenters. The summed E-state index contributed by atoms with van der Waals surface area (Å²) in [5, 5.41) is 8.65. The summed E-state index contributed by atoms with van der Waals surface area (Å²) in [6.07, 6.45) is 3.53. The Morgan fingerprint density at radius 3 is 3.12 bits per heavy atom. The molecule has 1 heterocycles. The largest absolute Gasteiger partial charge is 0.308 e. The van der Waals surface area contributed by atoms with E-state index in [1.165, 1.54) is 24.2 Å². The van der Waals surface area contributed by atoms with Gasteiger partial charge in [-0.2, -0.15) is 0 Å². The Bertz CT molecular complexity index is 360. The molecule has 0 radical (unpaired) electrons. The van der Waals surface area contributed by atoms with Gasteiger partial charge in [-0.3, -0.25) is 4.79 Å². The summed E-state index contributed by atoms with van der Waals surface area (Å²) in [6, 6.07) is 0. The summed E-state index contributed by atoms with van der Waals surface area (Å²) in [6.45, 7) is 3.32. The zero-order valence-corrected chi connectivity index (χ0v) is 10.3. The monoisotopic (exact) mass is 239 g/mol. The average molecular weight is 239 g/mol. The van der Waals surface area contributed by atoms with E-state index in [2.05, 4.69) is 22.5 Å². The Hall–Kier alpha value is -0.940. The minimum absolute atomic E-state index is 0.00912. The summed E-state index contributed by atoms with van der Waals surface area (Å²) >= 11 is 1.51. The SMILES string of the molecule is CCCNCC(=O)Nc1nc(C2CC2)cs1. The first kappa shape index (κ1) is 11.5. The number of thiazole rings is 1. The van der Waals surface area contributed by atoms with Crippen LogP contribution in [0, 0.1) is 0 Å². The van der Waals surface area contributed by atoms with Gasteiger partial charge in [0.05, 0.1) is 12.2 Å². The second kappa shape index (κ2) is 5.41. The maximum absolute atomic E-state index is 11.5. The summed E-state index contributed by atoms with van der Waals surface area (Å²) in [4.78, 5) is 15.9. The van der Waals surface area contributed by atoms with Gasteiger partial charge in [0.15, 0.2) is 5.13 Å². The molecule has 1 amide bonds. The highest BCUT2D eigenvalue weighted by molar-refractivity contribution is 7.13. The van der Waals surface area contributed by atoms with E-state index in [0.29, 0.717) is 12.5 Å². The molecule has 2 N–H and O–H groups in total. The number of nitrogens with zero attached hydrogens (tertiary/aromatic N) is 1. The van der Waals surface area contributed by atoms with Crippen LogP contribution in [-0.2, 0) is 4.79 Å². The van der Waals surface area contributed by atoms with Crippen molar-refractivity contribution in [1.29, 1.82) is 0 Å². The molecule has 0 aliphatic heterocycles. The third kappa shape index (κ3) is 3.28. The van der Waals surface area contributed by atoms with Gasteiger partial charge in [-0.15, -0.1) is 11.3 Å². The molecule has 16 heavy (non-hydrogen) atoms. The van der Waals surface area contributed by atoms with Crippen LogP contribution in [0.5, 0.6) is 0 Å². The molecular weight excluding hydrogens is 222 g/mol. The van der Waals surface area contributed by atoms with Crippen molar-refractivity contribution in [3.05, 3.63) is 11.1 Å². The van der Waals surface area contributed by atoms with Crippen LogP contribution in [0.1, 0.15) is 37.8 Å². The molecule has 1 aromatic rings. The van der Waals surface area contributed by atoms with Crippen LogP contribution in [0.25, 0.3) is 0 Å². The number of amides is 1. The van der Waals surface area contributed by atoms with Crippen molar-refractivity contribution in [2.24, 2.45) is 0 Å². The van der Waals surface area contributed by atoms with Gasteiger partial charge < -0.3 is 10.6 Å². The lowest BCUT2D eigenvalue weighted by Gasteiger charge is -2.02. The van der Waals surface area contributed by atoms with Crippen LogP contribution < -0.4 is 10.6 Å². The molecule has 1 aliphatic rings. The number of nitrogens with one attached hydrogen (secondary N) is 2. The van der Waals surface area contributed by atoms with Crippen molar-refractivity contribution in [2.45, 2.75) is 32.1 Å². The van der Waals surface area contributed by atoms with Gasteiger partial charge in [-0.25, -0.2) is 4.98 Å². The minimum Gasteiger partial charge on any atom is -0.308 e. The van der Waals surface area contributed by atoms with Crippen LogP contribution >= 0.6 is 11.3 Å². The van der Waals surface area contributed by atoms with E-state index < -0.39 is 0 Å². The zero-order valence-electron chi connectivity index (χ0n) is 9.45. The predicted molar refractivity (Wildman–Crippen MR) is 65.9 cm³/mol. The molecule has 5 heteroatoms. The average Bonchev–Trinajstić information content (AvgIpc) is 3.01. The highest BCUT2D eigenvalue weighted by Gasteiger charge is 2.26. The minimum atomic E-state index is -0.00912. The van der Waals surface area contributed by atoms with Crippen molar-refractivity contribution in [3.8, 4) is 0 Å². The van der Waals surface area contributed by atoms with Gasteiger partial charge in [0.25, 0.3) is 0 Å². The fourth-order valence-electron chi connectivity index (χ4n) is 1.45. The molecule has 88 valence electrons. The molecule has 0 unspecified atom stereocenters. The highest BCUT2D eigenvalue weighted by Crippen LogP contribution is 2.40. The zero-order chi connectivity index (χ0) is 11.4. The van der Waals surface area contributed by atoms with Crippen molar-refractivity contribution in [2.75, 3.05) is 18.4 Å². The number of anilines is 1. The molecule has 1 fully saturated rings. The molecule has 1 aliphatic carbocycles. The third-order valence-electron chi connectivity index (χ3n) is 2.48. The van der Waals surface area contributed by atoms with E-state index in [-0.39, 0.29) is 5.91 Å². The van der Waals surface area contributed by atoms with Crippen LogP contribution in [0.4, 0.5) is 5.13 Å². The molecular formula is C11H17N3OS. The molecule has 0 bridgehead atoms. The fourth-order valence-corrected chi connectivity index (χ4v) is 2.26. The molecule has 2 rings (SSSR count). The lowest BCUT2D eigenvalue weighted by Crippen LogP contribution is -2.28. The van der Waals surface area contributed by atoms with Crippen molar-refractivity contribution < 1.29 is 4.79 Å². The fraction of sp³-hybridized carbons (Fsp3) is 0.636. The molecule has 0 aromatic carbocycles. The Kier molecular flexibility index (Phi) is 3.90. The maximum Gasteiger partial charge on any atom is 0.240 e. The third-order valence-corrected chi connectivity index (χ3v) is 3.25. The van der Waals surface area contributed by atoms with Crippen molar-refractivity contribution >= 4 is 22.4 Å². The highest BCUT2D eigenvalue weighted by atomic mass is 32.1. The van der Waals surface area contributed by atoms with Crippen LogP contribution in [-0.4, -0.2) is 24.0 Å². The van der Waals surface area contributed by atoms with Crippen molar-refractivity contribution in [3.63, 3.8) is 0 Å². The van der Waals surface area contributed by atoms with Crippen LogP contribution in [0.15, 0.2) is 5.38 Å². The van der Waals surface area contributed by atoms with Gasteiger partial charge in [-0.1, -0.05) is 6.92 Å². The van der Waals surface area contributed by atoms with Crippen LogP contribution in [0.2, 0.25) is 0 Å². The second-order valence-corrected chi connectivity index (χ2v) is 4.93. The normalized spacial score (nSPS) is 15.1.